The first-order valence-electron chi connectivity index (χ1n) is 6.71. The van der Waals surface area contributed by atoms with Crippen molar-refractivity contribution in [1.29, 1.82) is 0 Å². The van der Waals surface area contributed by atoms with Gasteiger partial charge in [0.15, 0.2) is 0 Å². The third-order valence-electron chi connectivity index (χ3n) is 3.85. The Morgan fingerprint density at radius 2 is 2.11 bits per heavy atom. The maximum Gasteiger partial charge on any atom is 0.245 e. The van der Waals surface area contributed by atoms with Crippen molar-refractivity contribution in [2.75, 3.05) is 18.1 Å². The highest BCUT2D eigenvalue weighted by Gasteiger charge is 2.39. The van der Waals surface area contributed by atoms with Crippen LogP contribution in [0.3, 0.4) is 0 Å². The Hall–Kier alpha value is -1.55. The molecule has 0 aliphatic carbocycles. The van der Waals surface area contributed by atoms with E-state index in [-0.39, 0.29) is 18.1 Å². The zero-order valence-electron chi connectivity index (χ0n) is 11.8. The zero-order valence-corrected chi connectivity index (χ0v) is 11.8. The molecule has 1 aromatic carbocycles. The maximum atomic E-state index is 12.1. The summed E-state index contributed by atoms with van der Waals surface area (Å²) in [6, 6.07) is 7.47. The lowest BCUT2D eigenvalue weighted by atomic mass is 9.95. The van der Waals surface area contributed by atoms with Gasteiger partial charge in [0, 0.05) is 17.8 Å². The first kappa shape index (κ1) is 13.9. The summed E-state index contributed by atoms with van der Waals surface area (Å²) in [7, 11) is 0. The number of amides is 1. The van der Waals surface area contributed by atoms with E-state index in [0.29, 0.717) is 6.54 Å². The van der Waals surface area contributed by atoms with Gasteiger partial charge >= 0.3 is 0 Å². The van der Waals surface area contributed by atoms with Crippen LogP contribution in [0.1, 0.15) is 25.8 Å². The van der Waals surface area contributed by atoms with E-state index in [9.17, 15) is 9.90 Å². The summed E-state index contributed by atoms with van der Waals surface area (Å²) >= 11 is 0. The lowest BCUT2D eigenvalue weighted by molar-refractivity contribution is -0.122. The van der Waals surface area contributed by atoms with Crippen LogP contribution in [-0.4, -0.2) is 35.7 Å². The highest BCUT2D eigenvalue weighted by atomic mass is 16.3. The lowest BCUT2D eigenvalue weighted by Crippen LogP contribution is -2.54. The van der Waals surface area contributed by atoms with Crippen molar-refractivity contribution < 1.29 is 9.90 Å². The van der Waals surface area contributed by atoms with Crippen molar-refractivity contribution in [3.63, 3.8) is 0 Å². The molecule has 0 spiro atoms. The molecule has 0 radical (unpaired) electrons. The Bertz CT molecular complexity index is 471. The van der Waals surface area contributed by atoms with Crippen LogP contribution in [0.5, 0.6) is 0 Å². The summed E-state index contributed by atoms with van der Waals surface area (Å²) in [6.07, 6.45) is 0.851. The molecule has 4 nitrogen and oxygen atoms in total. The second kappa shape index (κ2) is 5.21. The summed E-state index contributed by atoms with van der Waals surface area (Å²) in [5, 5.41) is 12.5. The fourth-order valence-electron chi connectivity index (χ4n) is 2.76. The van der Waals surface area contributed by atoms with Gasteiger partial charge in [0.25, 0.3) is 0 Å². The van der Waals surface area contributed by atoms with Gasteiger partial charge in [-0.25, -0.2) is 0 Å². The van der Waals surface area contributed by atoms with Crippen LogP contribution in [0.25, 0.3) is 0 Å². The number of carbonyl (C=O) groups is 1. The second-order valence-electron chi connectivity index (χ2n) is 5.71. The van der Waals surface area contributed by atoms with E-state index >= 15 is 0 Å². The molecular formula is C15H22N2O2. The predicted octanol–water partition coefficient (Wildman–Crippen LogP) is 1.46. The van der Waals surface area contributed by atoms with Crippen molar-refractivity contribution in [2.45, 2.75) is 38.8 Å². The molecule has 1 unspecified atom stereocenters. The van der Waals surface area contributed by atoms with Gasteiger partial charge < -0.3 is 15.3 Å². The van der Waals surface area contributed by atoms with E-state index in [1.807, 2.05) is 31.2 Å². The van der Waals surface area contributed by atoms with Crippen molar-refractivity contribution in [3.8, 4) is 0 Å². The number of para-hydroxylation sites is 1. The van der Waals surface area contributed by atoms with Crippen LogP contribution in [0.15, 0.2) is 24.3 Å². The van der Waals surface area contributed by atoms with Gasteiger partial charge in [-0.1, -0.05) is 18.2 Å². The Kier molecular flexibility index (Phi) is 3.80. The summed E-state index contributed by atoms with van der Waals surface area (Å²) in [5.74, 6) is -0.101. The molecular weight excluding hydrogens is 240 g/mol. The van der Waals surface area contributed by atoms with Gasteiger partial charge in [-0.2, -0.15) is 0 Å². The quantitative estimate of drug-likeness (QED) is 0.848. The van der Waals surface area contributed by atoms with E-state index in [4.69, 9.17) is 0 Å². The topological polar surface area (TPSA) is 52.6 Å². The van der Waals surface area contributed by atoms with Crippen molar-refractivity contribution >= 4 is 11.6 Å². The molecule has 0 aromatic heterocycles. The van der Waals surface area contributed by atoms with E-state index in [1.54, 1.807) is 0 Å². The molecule has 1 aromatic rings. The van der Waals surface area contributed by atoms with Crippen LogP contribution in [-0.2, 0) is 4.79 Å². The largest absolute Gasteiger partial charge is 0.394 e. The van der Waals surface area contributed by atoms with Gasteiger partial charge in [0.05, 0.1) is 6.61 Å². The van der Waals surface area contributed by atoms with E-state index in [0.717, 1.165) is 17.7 Å². The number of aliphatic hydroxyl groups excluding tert-OH is 1. The number of hydrogen-bond acceptors (Lipinski definition) is 3. The molecule has 0 bridgehead atoms. The van der Waals surface area contributed by atoms with Crippen LogP contribution in [0.2, 0.25) is 0 Å². The minimum absolute atomic E-state index is 0.101. The Morgan fingerprint density at radius 3 is 2.74 bits per heavy atom. The number of anilines is 1. The van der Waals surface area contributed by atoms with Crippen LogP contribution in [0.4, 0.5) is 5.69 Å². The first-order chi connectivity index (χ1) is 8.97. The average molecular weight is 262 g/mol. The minimum Gasteiger partial charge on any atom is -0.394 e. The molecule has 1 saturated heterocycles. The Labute approximate surface area is 114 Å². The number of carbonyl (C=O) groups excluding carboxylic acids is 1. The smallest absolute Gasteiger partial charge is 0.245 e. The summed E-state index contributed by atoms with van der Waals surface area (Å²) in [4.78, 5) is 14.2. The Balaban J connectivity index is 2.52. The predicted molar refractivity (Wildman–Crippen MR) is 76.2 cm³/mol. The number of nitrogens with zero attached hydrogens (tertiary/aromatic N) is 1. The lowest BCUT2D eigenvalue weighted by Gasteiger charge is -2.43. The van der Waals surface area contributed by atoms with Gasteiger partial charge in [-0.05, 0) is 38.8 Å². The van der Waals surface area contributed by atoms with E-state index < -0.39 is 6.04 Å². The monoisotopic (exact) mass is 262 g/mol. The molecule has 1 amide bonds. The van der Waals surface area contributed by atoms with E-state index in [1.165, 1.54) is 0 Å². The molecule has 19 heavy (non-hydrogen) atoms. The van der Waals surface area contributed by atoms with Crippen molar-refractivity contribution in [1.82, 2.24) is 5.32 Å². The highest BCUT2D eigenvalue weighted by Crippen LogP contribution is 2.32. The molecule has 4 heteroatoms. The van der Waals surface area contributed by atoms with Gasteiger partial charge in [-0.3, -0.25) is 4.79 Å². The number of aliphatic hydroxyl groups is 1. The number of rotatable bonds is 2. The van der Waals surface area contributed by atoms with Crippen LogP contribution >= 0.6 is 0 Å². The molecule has 1 aliphatic rings. The summed E-state index contributed by atoms with van der Waals surface area (Å²) < 4.78 is 0. The average Bonchev–Trinajstić information content (AvgIpc) is 2.46. The third kappa shape index (κ3) is 2.59. The van der Waals surface area contributed by atoms with E-state index in [2.05, 4.69) is 24.1 Å². The second-order valence-corrected chi connectivity index (χ2v) is 5.71. The van der Waals surface area contributed by atoms with Gasteiger partial charge in [0.1, 0.15) is 6.04 Å². The van der Waals surface area contributed by atoms with Crippen LogP contribution < -0.4 is 10.2 Å². The van der Waals surface area contributed by atoms with Crippen LogP contribution in [0, 0.1) is 6.92 Å². The molecule has 2 N–H and O–H groups in total. The maximum absolute atomic E-state index is 12.1. The van der Waals surface area contributed by atoms with Gasteiger partial charge in [-0.15, -0.1) is 0 Å². The highest BCUT2D eigenvalue weighted by molar-refractivity contribution is 5.86. The Morgan fingerprint density at radius 1 is 1.42 bits per heavy atom. The molecule has 1 fully saturated rings. The fraction of sp³-hybridized carbons (Fsp3) is 0.533. The van der Waals surface area contributed by atoms with Crippen molar-refractivity contribution in [3.05, 3.63) is 29.8 Å². The normalized spacial score (nSPS) is 22.8. The standard InChI is InChI=1S/C15H22N2O2/c1-11-6-4-5-7-12(11)17-13(10-18)14(19)16-9-8-15(17,2)3/h4-7,13,18H,8-10H2,1-3H3,(H,16,19). The minimum atomic E-state index is -0.529. The SMILES string of the molecule is Cc1ccccc1N1C(CO)C(=O)NCCC1(C)C. The third-order valence-corrected chi connectivity index (χ3v) is 3.85. The molecule has 1 heterocycles. The first-order valence-corrected chi connectivity index (χ1v) is 6.71. The number of aryl methyl sites for hydroxylation is 1. The van der Waals surface area contributed by atoms with Gasteiger partial charge in [0.2, 0.25) is 5.91 Å². The number of benzene rings is 1. The summed E-state index contributed by atoms with van der Waals surface area (Å²) in [5.41, 5.74) is 1.95. The molecule has 1 aliphatic heterocycles. The molecule has 0 saturated carbocycles. The zero-order chi connectivity index (χ0) is 14.0. The fourth-order valence-corrected chi connectivity index (χ4v) is 2.76. The molecule has 1 atom stereocenters. The number of nitrogens with one attached hydrogen (secondary N) is 1. The molecule has 2 rings (SSSR count). The van der Waals surface area contributed by atoms with Crippen molar-refractivity contribution in [2.24, 2.45) is 0 Å². The summed E-state index contributed by atoms with van der Waals surface area (Å²) in [6.45, 7) is 6.72. The number of hydrogen-bond donors (Lipinski definition) is 2. The molecule has 104 valence electrons.